The van der Waals surface area contributed by atoms with Crippen LogP contribution in [-0.4, -0.2) is 36.8 Å². The van der Waals surface area contributed by atoms with Gasteiger partial charge in [0.25, 0.3) is 5.60 Å². The van der Waals surface area contributed by atoms with E-state index in [2.05, 4.69) is 4.74 Å². The fourth-order valence-corrected chi connectivity index (χ4v) is 0.917. The molecule has 0 radical (unpaired) electrons. The summed E-state index contributed by atoms with van der Waals surface area (Å²) < 4.78 is 76.4. The van der Waals surface area contributed by atoms with Gasteiger partial charge in [-0.25, -0.2) is 0 Å². The zero-order valence-corrected chi connectivity index (χ0v) is 7.74. The molecule has 0 amide bonds. The van der Waals surface area contributed by atoms with Crippen molar-refractivity contribution in [2.45, 2.75) is 30.8 Å². The van der Waals surface area contributed by atoms with Gasteiger partial charge in [0.15, 0.2) is 0 Å². The van der Waals surface area contributed by atoms with Gasteiger partial charge in [0, 0.05) is 13.7 Å². The van der Waals surface area contributed by atoms with Gasteiger partial charge in [-0.1, -0.05) is 0 Å². The molecule has 92 valence electrons. The van der Waals surface area contributed by atoms with E-state index in [9.17, 15) is 26.3 Å². The summed E-state index contributed by atoms with van der Waals surface area (Å²) in [6.45, 7) is -0.283. The van der Waals surface area contributed by atoms with E-state index in [4.69, 9.17) is 5.11 Å². The Morgan fingerprint density at radius 2 is 1.40 bits per heavy atom. The normalized spacial score (nSPS) is 14.4. The maximum atomic E-state index is 12.0. The van der Waals surface area contributed by atoms with Gasteiger partial charge in [0.05, 0.1) is 0 Å². The van der Waals surface area contributed by atoms with Crippen molar-refractivity contribution in [3.05, 3.63) is 0 Å². The lowest BCUT2D eigenvalue weighted by Gasteiger charge is -2.32. The molecule has 0 rings (SSSR count). The molecule has 0 aliphatic carbocycles. The van der Waals surface area contributed by atoms with E-state index >= 15 is 0 Å². The number of alkyl halides is 6. The molecule has 0 unspecified atom stereocenters. The zero-order valence-electron chi connectivity index (χ0n) is 7.74. The van der Waals surface area contributed by atoms with Crippen molar-refractivity contribution < 1.29 is 36.2 Å². The first kappa shape index (κ1) is 14.5. The van der Waals surface area contributed by atoms with Crippen LogP contribution in [0.1, 0.15) is 12.8 Å². The predicted molar refractivity (Wildman–Crippen MR) is 38.2 cm³/mol. The number of rotatable bonds is 4. The first-order valence-corrected chi connectivity index (χ1v) is 3.91. The molecule has 0 aromatic rings. The van der Waals surface area contributed by atoms with Crippen molar-refractivity contribution in [3.63, 3.8) is 0 Å². The highest BCUT2D eigenvalue weighted by Crippen LogP contribution is 2.45. The predicted octanol–water partition coefficient (Wildman–Crippen LogP) is 2.27. The van der Waals surface area contributed by atoms with E-state index < -0.39 is 30.8 Å². The smallest absolute Gasteiger partial charge is 0.385 e. The van der Waals surface area contributed by atoms with Crippen LogP contribution in [0.2, 0.25) is 0 Å². The summed E-state index contributed by atoms with van der Waals surface area (Å²) in [4.78, 5) is 0. The van der Waals surface area contributed by atoms with Gasteiger partial charge in [-0.3, -0.25) is 0 Å². The van der Waals surface area contributed by atoms with Crippen molar-refractivity contribution in [1.29, 1.82) is 0 Å². The Bertz CT molecular complexity index is 183. The van der Waals surface area contributed by atoms with Gasteiger partial charge in [-0.15, -0.1) is 0 Å². The maximum absolute atomic E-state index is 12.0. The lowest BCUT2D eigenvalue weighted by molar-refractivity contribution is -0.370. The molecule has 0 spiro atoms. The quantitative estimate of drug-likeness (QED) is 0.603. The molecule has 0 atom stereocenters. The molecular weight excluding hydrogens is 230 g/mol. The maximum Gasteiger partial charge on any atom is 0.426 e. The van der Waals surface area contributed by atoms with Crippen molar-refractivity contribution in [2.75, 3.05) is 13.7 Å². The van der Waals surface area contributed by atoms with Crippen LogP contribution in [0.25, 0.3) is 0 Å². The Labute approximate surface area is 81.8 Å². The highest BCUT2D eigenvalue weighted by atomic mass is 19.4. The molecule has 1 N–H and O–H groups in total. The third-order valence-corrected chi connectivity index (χ3v) is 1.82. The standard InChI is InChI=1S/C7H10F6O2/c1-15-4-2-3-5(14,6(8,9)10)7(11,12)13/h14H,2-4H2,1H3. The van der Waals surface area contributed by atoms with Gasteiger partial charge in [0.1, 0.15) is 0 Å². The van der Waals surface area contributed by atoms with Gasteiger partial charge in [-0.05, 0) is 12.8 Å². The van der Waals surface area contributed by atoms with Crippen molar-refractivity contribution in [3.8, 4) is 0 Å². The van der Waals surface area contributed by atoms with Crippen molar-refractivity contribution in [2.24, 2.45) is 0 Å². The molecule has 0 heterocycles. The average Bonchev–Trinajstić information content (AvgIpc) is 2.00. The number of methoxy groups -OCH3 is 1. The fourth-order valence-electron chi connectivity index (χ4n) is 0.917. The second-order valence-electron chi connectivity index (χ2n) is 2.95. The van der Waals surface area contributed by atoms with E-state index in [1.54, 1.807) is 0 Å². The molecule has 8 heteroatoms. The molecule has 0 saturated heterocycles. The molecular formula is C7H10F6O2. The van der Waals surface area contributed by atoms with Crippen LogP contribution in [0.3, 0.4) is 0 Å². The van der Waals surface area contributed by atoms with Gasteiger partial charge in [-0.2, -0.15) is 26.3 Å². The third kappa shape index (κ3) is 3.23. The Hall–Kier alpha value is -0.500. The van der Waals surface area contributed by atoms with Crippen LogP contribution in [0.4, 0.5) is 26.3 Å². The van der Waals surface area contributed by atoms with Crippen LogP contribution in [0.5, 0.6) is 0 Å². The van der Waals surface area contributed by atoms with Gasteiger partial charge in [0.2, 0.25) is 0 Å². The van der Waals surface area contributed by atoms with Crippen LogP contribution in [0.15, 0.2) is 0 Å². The van der Waals surface area contributed by atoms with Crippen LogP contribution in [0, 0.1) is 0 Å². The molecule has 0 bridgehead atoms. The second kappa shape index (κ2) is 4.56. The molecule has 0 fully saturated rings. The first-order chi connectivity index (χ1) is 6.56. The lowest BCUT2D eigenvalue weighted by atomic mass is 9.96. The van der Waals surface area contributed by atoms with Crippen molar-refractivity contribution in [1.82, 2.24) is 0 Å². The summed E-state index contributed by atoms with van der Waals surface area (Å²) in [5.74, 6) is 0. The minimum absolute atomic E-state index is 0.283. The Kier molecular flexibility index (Phi) is 4.41. The average molecular weight is 240 g/mol. The Morgan fingerprint density at radius 1 is 1.00 bits per heavy atom. The highest BCUT2D eigenvalue weighted by molar-refractivity contribution is 4.93. The number of hydrogen-bond acceptors (Lipinski definition) is 2. The highest BCUT2D eigenvalue weighted by Gasteiger charge is 2.69. The topological polar surface area (TPSA) is 29.5 Å². The molecule has 2 nitrogen and oxygen atoms in total. The van der Waals surface area contributed by atoms with E-state index in [-0.39, 0.29) is 6.61 Å². The minimum Gasteiger partial charge on any atom is -0.385 e. The lowest BCUT2D eigenvalue weighted by Crippen LogP contribution is -2.56. The first-order valence-electron chi connectivity index (χ1n) is 3.91. The largest absolute Gasteiger partial charge is 0.426 e. The summed E-state index contributed by atoms with van der Waals surface area (Å²) in [7, 11) is 1.14. The summed E-state index contributed by atoms with van der Waals surface area (Å²) in [6, 6.07) is 0. The number of aliphatic hydroxyl groups is 1. The SMILES string of the molecule is COCCCC(O)(C(F)(F)F)C(F)(F)F. The molecule has 0 aliphatic heterocycles. The van der Waals surface area contributed by atoms with Crippen LogP contribution in [-0.2, 0) is 4.74 Å². The molecule has 0 aromatic carbocycles. The monoisotopic (exact) mass is 240 g/mol. The summed E-state index contributed by atoms with van der Waals surface area (Å²) in [6.07, 6.45) is -13.5. The summed E-state index contributed by atoms with van der Waals surface area (Å²) in [5.41, 5.74) is -4.65. The number of halogens is 6. The van der Waals surface area contributed by atoms with Crippen molar-refractivity contribution >= 4 is 0 Å². The van der Waals surface area contributed by atoms with Crippen LogP contribution >= 0.6 is 0 Å². The van der Waals surface area contributed by atoms with Gasteiger partial charge < -0.3 is 9.84 Å². The molecule has 15 heavy (non-hydrogen) atoms. The molecule has 0 aliphatic rings. The Balaban J connectivity index is 4.74. The Morgan fingerprint density at radius 3 is 1.67 bits per heavy atom. The second-order valence-corrected chi connectivity index (χ2v) is 2.95. The van der Waals surface area contributed by atoms with Crippen LogP contribution < -0.4 is 0 Å². The van der Waals surface area contributed by atoms with E-state index in [0.29, 0.717) is 0 Å². The summed E-state index contributed by atoms with van der Waals surface area (Å²) in [5, 5.41) is 8.61. The van der Waals surface area contributed by atoms with Gasteiger partial charge >= 0.3 is 12.4 Å². The third-order valence-electron chi connectivity index (χ3n) is 1.82. The zero-order chi connectivity index (χ0) is 12.3. The van der Waals surface area contributed by atoms with E-state index in [1.807, 2.05) is 0 Å². The number of ether oxygens (including phenoxy) is 1. The summed E-state index contributed by atoms with van der Waals surface area (Å²) >= 11 is 0. The van der Waals surface area contributed by atoms with E-state index in [0.717, 1.165) is 7.11 Å². The van der Waals surface area contributed by atoms with E-state index in [1.165, 1.54) is 0 Å². The minimum atomic E-state index is -5.74. The molecule has 0 aromatic heterocycles. The number of hydrogen-bond donors (Lipinski definition) is 1. The fraction of sp³-hybridized carbons (Fsp3) is 1.00. The molecule has 0 saturated carbocycles.